The van der Waals surface area contributed by atoms with Crippen LogP contribution in [0.3, 0.4) is 0 Å². The summed E-state index contributed by atoms with van der Waals surface area (Å²) in [5, 5.41) is 0. The first-order chi connectivity index (χ1) is 15.4. The van der Waals surface area contributed by atoms with Gasteiger partial charge in [0.2, 0.25) is 0 Å². The fourth-order valence-corrected chi connectivity index (χ4v) is 8.88. The van der Waals surface area contributed by atoms with Gasteiger partial charge in [0.1, 0.15) is 0 Å². The van der Waals surface area contributed by atoms with Gasteiger partial charge in [-0.2, -0.15) is 0 Å². The number of aryl methyl sites for hydroxylation is 1. The van der Waals surface area contributed by atoms with Crippen molar-refractivity contribution in [2.45, 2.75) is 70.1 Å². The van der Waals surface area contributed by atoms with Crippen molar-refractivity contribution in [3.8, 4) is 22.3 Å². The van der Waals surface area contributed by atoms with Gasteiger partial charge in [0.15, 0.2) is 0 Å². The number of hydrogen-bond donors (Lipinski definition) is 0. The van der Waals surface area contributed by atoms with Crippen molar-refractivity contribution in [2.75, 3.05) is 0 Å². The molecule has 5 aliphatic carbocycles. The molecular weight excluding hydrogens is 384 g/mol. The van der Waals surface area contributed by atoms with Crippen LogP contribution in [0.25, 0.3) is 22.3 Å². The highest BCUT2D eigenvalue weighted by molar-refractivity contribution is 5.93. The maximum Gasteiger partial charge on any atom is 0.0161 e. The van der Waals surface area contributed by atoms with Crippen LogP contribution in [-0.4, -0.2) is 0 Å². The summed E-state index contributed by atoms with van der Waals surface area (Å²) in [7, 11) is 0. The van der Waals surface area contributed by atoms with Crippen molar-refractivity contribution in [1.82, 2.24) is 0 Å². The molecule has 8 rings (SSSR count). The Morgan fingerprint density at radius 3 is 1.97 bits per heavy atom. The second-order valence-electron chi connectivity index (χ2n) is 12.1. The zero-order valence-corrected chi connectivity index (χ0v) is 19.7. The zero-order valence-electron chi connectivity index (χ0n) is 19.7. The molecule has 32 heavy (non-hydrogen) atoms. The van der Waals surface area contributed by atoms with E-state index in [1.165, 1.54) is 77.5 Å². The number of hydrogen-bond acceptors (Lipinski definition) is 0. The van der Waals surface area contributed by atoms with Gasteiger partial charge >= 0.3 is 0 Å². The summed E-state index contributed by atoms with van der Waals surface area (Å²) in [6, 6.07) is 23.6. The molecule has 0 heterocycles. The van der Waals surface area contributed by atoms with Crippen LogP contribution in [0.5, 0.6) is 0 Å². The Hall–Kier alpha value is -2.34. The molecule has 0 N–H and O–H groups in total. The first-order valence-corrected chi connectivity index (χ1v) is 12.8. The van der Waals surface area contributed by atoms with E-state index in [2.05, 4.69) is 81.4 Å². The fourth-order valence-electron chi connectivity index (χ4n) is 8.88. The lowest BCUT2D eigenvalue weighted by atomic mass is 9.48. The maximum absolute atomic E-state index is 2.50. The Kier molecular flexibility index (Phi) is 3.82. The lowest BCUT2D eigenvalue weighted by Crippen LogP contribution is -2.48. The molecule has 5 aliphatic rings. The summed E-state index contributed by atoms with van der Waals surface area (Å²) < 4.78 is 0. The molecule has 4 fully saturated rings. The monoisotopic (exact) mass is 418 g/mol. The van der Waals surface area contributed by atoms with E-state index in [1.54, 1.807) is 5.56 Å². The minimum Gasteiger partial charge on any atom is -0.0619 e. The highest BCUT2D eigenvalue weighted by atomic mass is 14.6. The third-order valence-electron chi connectivity index (χ3n) is 9.75. The molecule has 162 valence electrons. The van der Waals surface area contributed by atoms with Gasteiger partial charge in [0.05, 0.1) is 0 Å². The van der Waals surface area contributed by atoms with Crippen molar-refractivity contribution in [1.29, 1.82) is 0 Å². The highest BCUT2D eigenvalue weighted by Crippen LogP contribution is 2.61. The standard InChI is InChI=1S/C32H34/c1-20-8-13-26(29-27-6-4-5-7-28(27)31(2,3)30(20)29)24-9-11-25(12-10-24)32-17-21-14-22(18-32)16-23(15-21)19-32/h4-13,21-23H,14-19H2,1-3H3. The van der Waals surface area contributed by atoms with Crippen LogP contribution < -0.4 is 0 Å². The summed E-state index contributed by atoms with van der Waals surface area (Å²) in [6.07, 6.45) is 8.88. The summed E-state index contributed by atoms with van der Waals surface area (Å²) in [5.74, 6) is 3.00. The third kappa shape index (κ3) is 2.50. The van der Waals surface area contributed by atoms with Crippen LogP contribution in [0.15, 0.2) is 60.7 Å². The van der Waals surface area contributed by atoms with Crippen molar-refractivity contribution in [3.63, 3.8) is 0 Å². The zero-order chi connectivity index (χ0) is 21.7. The molecule has 4 bridgehead atoms. The molecule has 0 spiro atoms. The van der Waals surface area contributed by atoms with E-state index < -0.39 is 0 Å². The Morgan fingerprint density at radius 2 is 1.31 bits per heavy atom. The largest absolute Gasteiger partial charge is 0.0619 e. The molecule has 3 aromatic rings. The molecule has 0 saturated heterocycles. The molecular formula is C32H34. The number of rotatable bonds is 2. The SMILES string of the molecule is Cc1ccc(-c2ccc(C34CC5CC(CC(C5)C3)C4)cc2)c2c1C(C)(C)c1ccccc1-2. The second kappa shape index (κ2) is 6.37. The van der Waals surface area contributed by atoms with Crippen molar-refractivity contribution in [2.24, 2.45) is 17.8 Å². The first-order valence-electron chi connectivity index (χ1n) is 12.8. The Balaban J connectivity index is 1.33. The quantitative estimate of drug-likeness (QED) is 0.392. The molecule has 3 aromatic carbocycles. The van der Waals surface area contributed by atoms with Gasteiger partial charge < -0.3 is 0 Å². The minimum atomic E-state index is 0.0607. The predicted molar refractivity (Wildman–Crippen MR) is 134 cm³/mol. The molecule has 0 aromatic heterocycles. The minimum absolute atomic E-state index is 0.0607. The molecule has 4 saturated carbocycles. The maximum atomic E-state index is 2.50. The van der Waals surface area contributed by atoms with Crippen LogP contribution >= 0.6 is 0 Å². The van der Waals surface area contributed by atoms with Crippen molar-refractivity contribution >= 4 is 0 Å². The number of benzene rings is 3. The highest BCUT2D eigenvalue weighted by Gasteiger charge is 2.51. The van der Waals surface area contributed by atoms with Crippen molar-refractivity contribution < 1.29 is 0 Å². The molecule has 0 aliphatic heterocycles. The average molecular weight is 419 g/mol. The van der Waals surface area contributed by atoms with Crippen molar-refractivity contribution in [3.05, 3.63) is 82.9 Å². The average Bonchev–Trinajstić information content (AvgIpc) is 3.02. The molecule has 0 unspecified atom stereocenters. The van der Waals surface area contributed by atoms with E-state index in [-0.39, 0.29) is 5.41 Å². The van der Waals surface area contributed by atoms with Crippen LogP contribution in [0.2, 0.25) is 0 Å². The Morgan fingerprint density at radius 1 is 0.688 bits per heavy atom. The third-order valence-corrected chi connectivity index (χ3v) is 9.75. The Labute approximate surface area is 193 Å². The lowest BCUT2D eigenvalue weighted by molar-refractivity contribution is -0.00518. The van der Waals surface area contributed by atoms with Gasteiger partial charge in [-0.3, -0.25) is 0 Å². The van der Waals surface area contributed by atoms with E-state index in [4.69, 9.17) is 0 Å². The van der Waals surface area contributed by atoms with Gasteiger partial charge in [0, 0.05) is 5.41 Å². The Bertz CT molecular complexity index is 1190. The van der Waals surface area contributed by atoms with Crippen LogP contribution in [0.4, 0.5) is 0 Å². The van der Waals surface area contributed by atoms with Crippen LogP contribution in [0, 0.1) is 24.7 Å². The molecule has 0 atom stereocenters. The lowest BCUT2D eigenvalue weighted by Gasteiger charge is -2.57. The summed E-state index contributed by atoms with van der Waals surface area (Å²) in [5.41, 5.74) is 12.2. The first kappa shape index (κ1) is 19.2. The van der Waals surface area contributed by atoms with Crippen LogP contribution in [0.1, 0.15) is 74.6 Å². The smallest absolute Gasteiger partial charge is 0.0161 e. The van der Waals surface area contributed by atoms with Gasteiger partial charge in [-0.05, 0) is 113 Å². The number of fused-ring (bicyclic) bond motifs is 3. The van der Waals surface area contributed by atoms with E-state index >= 15 is 0 Å². The van der Waals surface area contributed by atoms with Gasteiger partial charge in [-0.1, -0.05) is 74.5 Å². The van der Waals surface area contributed by atoms with E-state index in [1.807, 2.05) is 0 Å². The normalized spacial score (nSPS) is 30.9. The molecule has 0 nitrogen and oxygen atoms in total. The summed E-state index contributed by atoms with van der Waals surface area (Å²) in [4.78, 5) is 0. The second-order valence-corrected chi connectivity index (χ2v) is 12.1. The summed E-state index contributed by atoms with van der Waals surface area (Å²) in [6.45, 7) is 7.07. The van der Waals surface area contributed by atoms with Gasteiger partial charge in [-0.25, -0.2) is 0 Å². The van der Waals surface area contributed by atoms with E-state index in [0.717, 1.165) is 17.8 Å². The molecule has 0 amide bonds. The fraction of sp³-hybridized carbons (Fsp3) is 0.438. The summed E-state index contributed by atoms with van der Waals surface area (Å²) >= 11 is 0. The van der Waals surface area contributed by atoms with Gasteiger partial charge in [-0.15, -0.1) is 0 Å². The predicted octanol–water partition coefficient (Wildman–Crippen LogP) is 8.44. The van der Waals surface area contributed by atoms with Gasteiger partial charge in [0.25, 0.3) is 0 Å². The molecule has 0 radical (unpaired) electrons. The van der Waals surface area contributed by atoms with E-state index in [0.29, 0.717) is 5.41 Å². The van der Waals surface area contributed by atoms with E-state index in [9.17, 15) is 0 Å². The molecule has 0 heteroatoms. The topological polar surface area (TPSA) is 0 Å². The van der Waals surface area contributed by atoms with Crippen LogP contribution in [-0.2, 0) is 10.8 Å².